The first-order chi connectivity index (χ1) is 14.1. The molecular formula is C22H24N4O3. The van der Waals surface area contributed by atoms with Gasteiger partial charge in [-0.2, -0.15) is 0 Å². The van der Waals surface area contributed by atoms with Crippen LogP contribution in [0.3, 0.4) is 0 Å². The van der Waals surface area contributed by atoms with Gasteiger partial charge in [0.15, 0.2) is 5.82 Å². The number of carboxylic acids is 1. The minimum Gasteiger partial charge on any atom is -0.492 e. The predicted molar refractivity (Wildman–Crippen MR) is 109 cm³/mol. The number of pyridine rings is 2. The van der Waals surface area contributed by atoms with Gasteiger partial charge in [0, 0.05) is 42.5 Å². The number of hydrogen-bond acceptors (Lipinski definition) is 6. The van der Waals surface area contributed by atoms with E-state index in [0.717, 1.165) is 29.2 Å². The van der Waals surface area contributed by atoms with E-state index >= 15 is 0 Å². The number of aryl methyl sites for hydroxylation is 1. The lowest BCUT2D eigenvalue weighted by Gasteiger charge is -2.26. The molecular weight excluding hydrogens is 368 g/mol. The molecule has 150 valence electrons. The molecule has 1 fully saturated rings. The van der Waals surface area contributed by atoms with Gasteiger partial charge in [-0.05, 0) is 50.5 Å². The van der Waals surface area contributed by atoms with Crippen LogP contribution in [-0.4, -0.2) is 37.6 Å². The number of aromatic nitrogens is 4. The summed E-state index contributed by atoms with van der Waals surface area (Å²) in [5.41, 5.74) is 3.01. The first kappa shape index (κ1) is 20.4. The Morgan fingerprint density at radius 2 is 1.93 bits per heavy atom. The van der Waals surface area contributed by atoms with Crippen LogP contribution in [0.25, 0.3) is 11.4 Å². The lowest BCUT2D eigenvalue weighted by molar-refractivity contribution is 0.0696. The molecule has 29 heavy (non-hydrogen) atoms. The minimum absolute atomic E-state index is 0.0735. The van der Waals surface area contributed by atoms with Crippen LogP contribution in [0.2, 0.25) is 0 Å². The molecule has 0 spiro atoms. The molecule has 4 rings (SSSR count). The van der Waals surface area contributed by atoms with Crippen LogP contribution < -0.4 is 4.74 Å². The van der Waals surface area contributed by atoms with Gasteiger partial charge in [0.1, 0.15) is 5.75 Å². The van der Waals surface area contributed by atoms with Crippen LogP contribution in [0.5, 0.6) is 5.75 Å². The molecule has 0 aromatic carbocycles. The van der Waals surface area contributed by atoms with Crippen molar-refractivity contribution in [2.24, 2.45) is 0 Å². The molecule has 3 aromatic rings. The molecule has 7 heteroatoms. The largest absolute Gasteiger partial charge is 0.492 e. The molecule has 3 heterocycles. The summed E-state index contributed by atoms with van der Waals surface area (Å²) >= 11 is 0. The maximum Gasteiger partial charge on any atom is 0.338 e. The summed E-state index contributed by atoms with van der Waals surface area (Å²) in [5, 5.41) is 8.70. The Bertz CT molecular complexity index is 956. The number of rotatable bonds is 5. The Kier molecular flexibility index (Phi) is 6.84. The van der Waals surface area contributed by atoms with E-state index in [1.165, 1.54) is 31.7 Å². The van der Waals surface area contributed by atoms with Crippen molar-refractivity contribution in [3.63, 3.8) is 0 Å². The van der Waals surface area contributed by atoms with Gasteiger partial charge in [-0.3, -0.25) is 9.97 Å². The van der Waals surface area contributed by atoms with Crippen LogP contribution in [0.4, 0.5) is 0 Å². The highest BCUT2D eigenvalue weighted by atomic mass is 16.5. The number of aromatic carboxylic acids is 1. The fourth-order valence-corrected chi connectivity index (χ4v) is 2.93. The van der Waals surface area contributed by atoms with Gasteiger partial charge >= 0.3 is 5.97 Å². The van der Waals surface area contributed by atoms with E-state index in [-0.39, 0.29) is 5.56 Å². The zero-order chi connectivity index (χ0) is 20.6. The normalized spacial score (nSPS) is 13.0. The topological polar surface area (TPSA) is 98.1 Å². The summed E-state index contributed by atoms with van der Waals surface area (Å²) < 4.78 is 5.53. The van der Waals surface area contributed by atoms with Gasteiger partial charge in [0.05, 0.1) is 17.9 Å². The predicted octanol–water partition coefficient (Wildman–Crippen LogP) is 4.29. The zero-order valence-electron chi connectivity index (χ0n) is 16.6. The number of nitrogens with zero attached hydrogens (tertiary/aromatic N) is 4. The maximum atomic E-state index is 10.6. The molecule has 7 nitrogen and oxygen atoms in total. The van der Waals surface area contributed by atoms with Crippen molar-refractivity contribution >= 4 is 5.97 Å². The lowest BCUT2D eigenvalue weighted by Crippen LogP contribution is -2.12. The van der Waals surface area contributed by atoms with Gasteiger partial charge in [-0.1, -0.05) is 6.42 Å². The van der Waals surface area contributed by atoms with Crippen molar-refractivity contribution in [1.82, 2.24) is 19.9 Å². The van der Waals surface area contributed by atoms with Crippen molar-refractivity contribution in [1.29, 1.82) is 0 Å². The van der Waals surface area contributed by atoms with E-state index in [0.29, 0.717) is 11.7 Å². The van der Waals surface area contributed by atoms with Crippen LogP contribution in [-0.2, 0) is 0 Å². The summed E-state index contributed by atoms with van der Waals surface area (Å²) in [6.45, 7) is 4.66. The van der Waals surface area contributed by atoms with E-state index in [9.17, 15) is 4.79 Å². The quantitative estimate of drug-likeness (QED) is 0.691. The molecule has 0 atom stereocenters. The standard InChI is InChI=1S/C11H9N3O2.C11H15NO/c1-7-2-8(4-12-3-7)10-13-5-9(6-14-10)11(15)16;1-2-13-10-7-4-8-12-11(10)9-5-3-6-9/h2-6H,1H3,(H,15,16);4,7-9H,2-3,5-6H2,1H3. The Balaban J connectivity index is 0.000000169. The summed E-state index contributed by atoms with van der Waals surface area (Å²) in [6, 6.07) is 5.85. The monoisotopic (exact) mass is 392 g/mol. The second-order valence-corrected chi connectivity index (χ2v) is 6.80. The van der Waals surface area contributed by atoms with Crippen molar-refractivity contribution < 1.29 is 14.6 Å². The van der Waals surface area contributed by atoms with Gasteiger partial charge in [-0.25, -0.2) is 14.8 Å². The lowest BCUT2D eigenvalue weighted by atomic mass is 9.82. The number of carbonyl (C=O) groups is 1. The van der Waals surface area contributed by atoms with Gasteiger partial charge in [0.2, 0.25) is 0 Å². The van der Waals surface area contributed by atoms with E-state index < -0.39 is 5.97 Å². The van der Waals surface area contributed by atoms with Gasteiger partial charge < -0.3 is 9.84 Å². The minimum atomic E-state index is -1.03. The SMILES string of the molecule is CCOc1cccnc1C1CCC1.Cc1cncc(-c2ncc(C(=O)O)cn2)c1. The zero-order valence-corrected chi connectivity index (χ0v) is 16.6. The number of carboxylic acid groups (broad SMARTS) is 1. The molecule has 0 radical (unpaired) electrons. The third-order valence-corrected chi connectivity index (χ3v) is 4.62. The molecule has 3 aromatic heterocycles. The third-order valence-electron chi connectivity index (χ3n) is 4.62. The van der Waals surface area contributed by atoms with E-state index in [2.05, 4.69) is 19.9 Å². The first-order valence-corrected chi connectivity index (χ1v) is 9.63. The van der Waals surface area contributed by atoms with E-state index in [1.54, 1.807) is 12.4 Å². The highest BCUT2D eigenvalue weighted by Gasteiger charge is 2.23. The summed E-state index contributed by atoms with van der Waals surface area (Å²) in [6.07, 6.45) is 11.7. The number of ether oxygens (including phenoxy) is 1. The smallest absolute Gasteiger partial charge is 0.338 e. The molecule has 0 unspecified atom stereocenters. The van der Waals surface area contributed by atoms with Gasteiger partial charge in [-0.15, -0.1) is 0 Å². The third kappa shape index (κ3) is 5.34. The average molecular weight is 392 g/mol. The summed E-state index contributed by atoms with van der Waals surface area (Å²) in [7, 11) is 0. The van der Waals surface area contributed by atoms with Crippen LogP contribution >= 0.6 is 0 Å². The van der Waals surface area contributed by atoms with Crippen molar-refractivity contribution in [3.05, 3.63) is 66.0 Å². The summed E-state index contributed by atoms with van der Waals surface area (Å²) in [5.74, 6) is 1.08. The molecule has 0 aliphatic heterocycles. The van der Waals surface area contributed by atoms with Crippen molar-refractivity contribution in [2.75, 3.05) is 6.61 Å². The number of hydrogen-bond donors (Lipinski definition) is 1. The second-order valence-electron chi connectivity index (χ2n) is 6.80. The van der Waals surface area contributed by atoms with Crippen LogP contribution in [0.1, 0.15) is 53.7 Å². The molecule has 1 aliphatic rings. The second kappa shape index (κ2) is 9.73. The Hall–Kier alpha value is -3.35. The molecule has 1 saturated carbocycles. The van der Waals surface area contributed by atoms with Crippen LogP contribution in [0, 0.1) is 6.92 Å². The molecule has 0 amide bonds. The Labute approximate surface area is 169 Å². The highest BCUT2D eigenvalue weighted by Crippen LogP contribution is 2.39. The van der Waals surface area contributed by atoms with Crippen molar-refractivity contribution in [2.45, 2.75) is 39.0 Å². The first-order valence-electron chi connectivity index (χ1n) is 9.63. The average Bonchev–Trinajstić information content (AvgIpc) is 2.69. The van der Waals surface area contributed by atoms with E-state index in [1.807, 2.05) is 38.2 Å². The highest BCUT2D eigenvalue weighted by molar-refractivity contribution is 5.86. The molecule has 0 bridgehead atoms. The Morgan fingerprint density at radius 3 is 2.52 bits per heavy atom. The van der Waals surface area contributed by atoms with Crippen molar-refractivity contribution in [3.8, 4) is 17.1 Å². The Morgan fingerprint density at radius 1 is 1.17 bits per heavy atom. The molecule has 1 aliphatic carbocycles. The summed E-state index contributed by atoms with van der Waals surface area (Å²) in [4.78, 5) is 27.0. The van der Waals surface area contributed by atoms with Crippen LogP contribution in [0.15, 0.2) is 49.2 Å². The fourth-order valence-electron chi connectivity index (χ4n) is 2.93. The molecule has 0 saturated heterocycles. The fraction of sp³-hybridized carbons (Fsp3) is 0.318. The molecule has 1 N–H and O–H groups in total. The van der Waals surface area contributed by atoms with E-state index in [4.69, 9.17) is 9.84 Å². The maximum absolute atomic E-state index is 10.6. The van der Waals surface area contributed by atoms with Gasteiger partial charge in [0.25, 0.3) is 0 Å².